The van der Waals surface area contributed by atoms with Gasteiger partial charge in [-0.25, -0.2) is 9.59 Å². The molecule has 0 heterocycles. The molecule has 0 aliphatic rings. The van der Waals surface area contributed by atoms with Gasteiger partial charge in [-0.15, -0.1) is 0 Å². The summed E-state index contributed by atoms with van der Waals surface area (Å²) in [4.78, 5) is 21.0. The Morgan fingerprint density at radius 1 is 1.12 bits per heavy atom. The zero-order valence-corrected chi connectivity index (χ0v) is 8.38. The minimum Gasteiger partial charge on any atom is -0.477 e. The maximum atomic E-state index is 10.5. The van der Waals surface area contributed by atoms with Crippen LogP contribution in [0.1, 0.15) is 5.56 Å². The number of carbonyl (C=O) groups is 2. The summed E-state index contributed by atoms with van der Waals surface area (Å²) in [6.45, 7) is 0.380. The maximum absolute atomic E-state index is 10.5. The molecule has 0 aliphatic heterocycles. The lowest BCUT2D eigenvalue weighted by Crippen LogP contribution is -2.16. The smallest absolute Gasteiger partial charge is 0.344 e. The average Bonchev–Trinajstić information content (AvgIpc) is 2.24. The third kappa shape index (κ3) is 3.45. The molecule has 0 bridgehead atoms. The predicted molar refractivity (Wildman–Crippen MR) is 56.6 cm³/mol. The molecule has 0 amide bonds. The van der Waals surface area contributed by atoms with Gasteiger partial charge in [-0.2, -0.15) is 0 Å². The molecule has 0 unspecified atom stereocenters. The fourth-order valence-corrected chi connectivity index (χ4v) is 1.08. The van der Waals surface area contributed by atoms with Gasteiger partial charge in [0.1, 0.15) is 0 Å². The van der Waals surface area contributed by atoms with Crippen molar-refractivity contribution in [1.29, 1.82) is 0 Å². The molecule has 0 aliphatic carbocycles. The van der Waals surface area contributed by atoms with Gasteiger partial charge < -0.3 is 15.5 Å². The van der Waals surface area contributed by atoms with Crippen molar-refractivity contribution in [3.05, 3.63) is 47.7 Å². The number of benzene rings is 1. The largest absolute Gasteiger partial charge is 0.477 e. The fraction of sp³-hybridized carbons (Fsp3) is 0.0909. The van der Waals surface area contributed by atoms with Crippen molar-refractivity contribution < 1.29 is 19.8 Å². The lowest BCUT2D eigenvalue weighted by molar-refractivity contribution is -0.140. The molecule has 5 heteroatoms. The zero-order chi connectivity index (χ0) is 12.0. The minimum absolute atomic E-state index is 0.380. The van der Waals surface area contributed by atoms with E-state index in [1.807, 2.05) is 30.3 Å². The lowest BCUT2D eigenvalue weighted by atomic mass is 10.2. The molecular formula is C11H11NO4. The highest BCUT2D eigenvalue weighted by atomic mass is 16.4. The van der Waals surface area contributed by atoms with Crippen LogP contribution in [-0.2, 0) is 16.1 Å². The first-order chi connectivity index (χ1) is 7.61. The normalized spacial score (nSPS) is 9.25. The summed E-state index contributed by atoms with van der Waals surface area (Å²) in [5.74, 6) is -2.93. The highest BCUT2D eigenvalue weighted by Crippen LogP contribution is 1.98. The summed E-state index contributed by atoms with van der Waals surface area (Å²) < 4.78 is 0. The van der Waals surface area contributed by atoms with E-state index in [2.05, 4.69) is 5.32 Å². The maximum Gasteiger partial charge on any atom is 0.344 e. The first kappa shape index (κ1) is 11.8. The molecular weight excluding hydrogens is 210 g/mol. The van der Waals surface area contributed by atoms with Gasteiger partial charge in [-0.05, 0) is 5.56 Å². The van der Waals surface area contributed by atoms with E-state index in [0.717, 1.165) is 11.8 Å². The molecule has 0 aromatic heterocycles. The summed E-state index contributed by atoms with van der Waals surface area (Å²) >= 11 is 0. The van der Waals surface area contributed by atoms with Crippen molar-refractivity contribution >= 4 is 11.9 Å². The van der Waals surface area contributed by atoms with Crippen LogP contribution in [0.4, 0.5) is 0 Å². The van der Waals surface area contributed by atoms with Gasteiger partial charge in [0.05, 0.1) is 0 Å². The molecule has 0 fully saturated rings. The molecule has 16 heavy (non-hydrogen) atoms. The Morgan fingerprint density at radius 3 is 2.19 bits per heavy atom. The van der Waals surface area contributed by atoms with Crippen molar-refractivity contribution in [2.45, 2.75) is 6.54 Å². The van der Waals surface area contributed by atoms with Gasteiger partial charge in [0, 0.05) is 12.7 Å². The van der Waals surface area contributed by atoms with E-state index in [9.17, 15) is 9.59 Å². The van der Waals surface area contributed by atoms with E-state index in [4.69, 9.17) is 10.2 Å². The number of carboxylic acid groups (broad SMARTS) is 2. The molecule has 84 valence electrons. The second-order valence-electron chi connectivity index (χ2n) is 3.03. The van der Waals surface area contributed by atoms with Crippen molar-refractivity contribution in [2.75, 3.05) is 0 Å². The van der Waals surface area contributed by atoms with Crippen LogP contribution in [0.3, 0.4) is 0 Å². The summed E-state index contributed by atoms with van der Waals surface area (Å²) in [7, 11) is 0. The van der Waals surface area contributed by atoms with E-state index in [1.165, 1.54) is 0 Å². The van der Waals surface area contributed by atoms with Gasteiger partial charge in [-0.3, -0.25) is 0 Å². The van der Waals surface area contributed by atoms with Crippen LogP contribution in [-0.4, -0.2) is 22.2 Å². The van der Waals surface area contributed by atoms with E-state index in [0.29, 0.717) is 6.54 Å². The monoisotopic (exact) mass is 221 g/mol. The molecule has 0 atom stereocenters. The Kier molecular flexibility index (Phi) is 4.08. The molecule has 0 saturated carbocycles. The molecule has 1 aromatic carbocycles. The van der Waals surface area contributed by atoms with Crippen LogP contribution < -0.4 is 5.32 Å². The Morgan fingerprint density at radius 2 is 1.69 bits per heavy atom. The Balaban J connectivity index is 2.59. The van der Waals surface area contributed by atoms with Crippen LogP contribution >= 0.6 is 0 Å². The third-order valence-corrected chi connectivity index (χ3v) is 1.86. The summed E-state index contributed by atoms with van der Waals surface area (Å²) in [6, 6.07) is 9.25. The lowest BCUT2D eigenvalue weighted by Gasteiger charge is -2.01. The number of hydrogen-bond donors (Lipinski definition) is 3. The predicted octanol–water partition coefficient (Wildman–Crippen LogP) is 0.829. The summed E-state index contributed by atoms with van der Waals surface area (Å²) in [5, 5.41) is 19.7. The van der Waals surface area contributed by atoms with E-state index in [-0.39, 0.29) is 0 Å². The minimum atomic E-state index is -1.46. The van der Waals surface area contributed by atoms with E-state index in [1.54, 1.807) is 0 Å². The number of rotatable bonds is 5. The Labute approximate surface area is 92.0 Å². The highest BCUT2D eigenvalue weighted by Gasteiger charge is 2.14. The fourth-order valence-electron chi connectivity index (χ4n) is 1.08. The topological polar surface area (TPSA) is 86.6 Å². The molecule has 0 saturated heterocycles. The number of hydrogen-bond acceptors (Lipinski definition) is 3. The number of nitrogens with one attached hydrogen (secondary N) is 1. The van der Waals surface area contributed by atoms with Gasteiger partial charge >= 0.3 is 11.9 Å². The number of aliphatic carboxylic acids is 2. The summed E-state index contributed by atoms with van der Waals surface area (Å²) in [6.07, 6.45) is 0.984. The zero-order valence-electron chi connectivity index (χ0n) is 8.38. The average molecular weight is 221 g/mol. The molecule has 5 nitrogen and oxygen atoms in total. The van der Waals surface area contributed by atoms with Gasteiger partial charge in [0.25, 0.3) is 0 Å². The van der Waals surface area contributed by atoms with E-state index < -0.39 is 17.5 Å². The third-order valence-electron chi connectivity index (χ3n) is 1.86. The van der Waals surface area contributed by atoms with Gasteiger partial charge in [0.15, 0.2) is 5.57 Å². The second kappa shape index (κ2) is 5.55. The van der Waals surface area contributed by atoms with Crippen LogP contribution in [0.25, 0.3) is 0 Å². The molecule has 1 rings (SSSR count). The van der Waals surface area contributed by atoms with Crippen molar-refractivity contribution in [3.8, 4) is 0 Å². The molecule has 1 aromatic rings. The number of carboxylic acids is 2. The van der Waals surface area contributed by atoms with Crippen molar-refractivity contribution in [3.63, 3.8) is 0 Å². The first-order valence-corrected chi connectivity index (χ1v) is 4.55. The van der Waals surface area contributed by atoms with Crippen molar-refractivity contribution in [2.24, 2.45) is 0 Å². The van der Waals surface area contributed by atoms with Crippen LogP contribution in [0.5, 0.6) is 0 Å². The standard InChI is InChI=1S/C11H11NO4/c13-10(14)9(11(15)16)7-12-6-8-4-2-1-3-5-8/h1-5,7,12H,6H2,(H,13,14)(H,15,16). The van der Waals surface area contributed by atoms with Gasteiger partial charge in [0.2, 0.25) is 0 Å². The quantitative estimate of drug-likeness (QED) is 0.389. The second-order valence-corrected chi connectivity index (χ2v) is 3.03. The Bertz CT molecular complexity index is 395. The van der Waals surface area contributed by atoms with Crippen molar-refractivity contribution in [1.82, 2.24) is 5.32 Å². The first-order valence-electron chi connectivity index (χ1n) is 4.55. The van der Waals surface area contributed by atoms with E-state index >= 15 is 0 Å². The molecule has 0 radical (unpaired) electrons. The molecule has 0 spiro atoms. The summed E-state index contributed by atoms with van der Waals surface area (Å²) in [5.41, 5.74) is 0.254. The molecule has 3 N–H and O–H groups in total. The van der Waals surface area contributed by atoms with Crippen LogP contribution in [0, 0.1) is 0 Å². The van der Waals surface area contributed by atoms with Crippen LogP contribution in [0.2, 0.25) is 0 Å². The SMILES string of the molecule is O=C(O)C(=CNCc1ccccc1)C(=O)O. The van der Waals surface area contributed by atoms with Crippen LogP contribution in [0.15, 0.2) is 42.1 Å². The highest BCUT2D eigenvalue weighted by molar-refractivity contribution is 6.12. The Hall–Kier alpha value is -2.30. The van der Waals surface area contributed by atoms with Gasteiger partial charge in [-0.1, -0.05) is 30.3 Å².